The first-order chi connectivity index (χ1) is 7.59. The van der Waals surface area contributed by atoms with Crippen molar-refractivity contribution in [2.45, 2.75) is 32.1 Å². The summed E-state index contributed by atoms with van der Waals surface area (Å²) in [5.74, 6) is -3.07. The van der Waals surface area contributed by atoms with E-state index in [1.54, 1.807) is 0 Å². The molecular formula is C12H16O4. The Bertz CT molecular complexity index is 345. The average molecular weight is 224 g/mol. The van der Waals surface area contributed by atoms with Crippen LogP contribution in [0.4, 0.5) is 0 Å². The van der Waals surface area contributed by atoms with E-state index in [-0.39, 0.29) is 0 Å². The number of allylic oxidation sites excluding steroid dienone is 2. The Hall–Kier alpha value is -1.32. The van der Waals surface area contributed by atoms with Gasteiger partial charge in [0.05, 0.1) is 11.8 Å². The number of carboxylic acids is 2. The molecule has 88 valence electrons. The zero-order valence-electron chi connectivity index (χ0n) is 9.06. The van der Waals surface area contributed by atoms with Crippen LogP contribution < -0.4 is 0 Å². The van der Waals surface area contributed by atoms with Gasteiger partial charge in [-0.05, 0) is 38.0 Å². The molecule has 0 amide bonds. The molecule has 2 rings (SSSR count). The Morgan fingerprint density at radius 3 is 2.50 bits per heavy atom. The van der Waals surface area contributed by atoms with Crippen LogP contribution in [0.15, 0.2) is 11.6 Å². The van der Waals surface area contributed by atoms with Crippen molar-refractivity contribution in [2.24, 2.45) is 17.8 Å². The van der Waals surface area contributed by atoms with Crippen LogP contribution in [0.2, 0.25) is 0 Å². The molecule has 0 aromatic heterocycles. The Kier molecular flexibility index (Phi) is 2.99. The lowest BCUT2D eigenvalue weighted by Gasteiger charge is -2.35. The topological polar surface area (TPSA) is 74.6 Å². The van der Waals surface area contributed by atoms with Gasteiger partial charge in [-0.3, -0.25) is 9.59 Å². The summed E-state index contributed by atoms with van der Waals surface area (Å²) in [7, 11) is 0. The van der Waals surface area contributed by atoms with Crippen molar-refractivity contribution in [2.75, 3.05) is 0 Å². The number of aliphatic carboxylic acids is 2. The average Bonchev–Trinajstić information content (AvgIpc) is 2.27. The molecule has 0 saturated heterocycles. The van der Waals surface area contributed by atoms with Gasteiger partial charge in [-0.2, -0.15) is 0 Å². The van der Waals surface area contributed by atoms with E-state index in [2.05, 4.69) is 6.08 Å². The largest absolute Gasteiger partial charge is 0.481 e. The van der Waals surface area contributed by atoms with E-state index >= 15 is 0 Å². The molecule has 0 aromatic carbocycles. The molecule has 0 aromatic rings. The molecule has 0 aliphatic heterocycles. The minimum atomic E-state index is -0.975. The number of hydrogen-bond acceptors (Lipinski definition) is 2. The fraction of sp³-hybridized carbons (Fsp3) is 0.667. The van der Waals surface area contributed by atoms with Crippen molar-refractivity contribution in [3.63, 3.8) is 0 Å². The lowest BCUT2D eigenvalue weighted by Crippen LogP contribution is -2.37. The number of carbonyl (C=O) groups is 2. The molecule has 3 unspecified atom stereocenters. The van der Waals surface area contributed by atoms with E-state index in [1.165, 1.54) is 5.57 Å². The molecule has 2 aliphatic carbocycles. The molecule has 0 bridgehead atoms. The van der Waals surface area contributed by atoms with Crippen LogP contribution in [0.25, 0.3) is 0 Å². The highest BCUT2D eigenvalue weighted by Gasteiger charge is 2.41. The minimum Gasteiger partial charge on any atom is -0.481 e. The van der Waals surface area contributed by atoms with Gasteiger partial charge < -0.3 is 10.2 Å². The van der Waals surface area contributed by atoms with Gasteiger partial charge in [0.25, 0.3) is 0 Å². The van der Waals surface area contributed by atoms with Gasteiger partial charge in [0, 0.05) is 0 Å². The first-order valence-corrected chi connectivity index (χ1v) is 5.74. The molecule has 3 atom stereocenters. The monoisotopic (exact) mass is 224 g/mol. The van der Waals surface area contributed by atoms with E-state index in [0.29, 0.717) is 18.8 Å². The second kappa shape index (κ2) is 4.28. The fourth-order valence-corrected chi connectivity index (χ4v) is 2.92. The van der Waals surface area contributed by atoms with Crippen molar-refractivity contribution < 1.29 is 19.8 Å². The number of carboxylic acid groups (broad SMARTS) is 2. The zero-order chi connectivity index (χ0) is 11.7. The van der Waals surface area contributed by atoms with Crippen molar-refractivity contribution in [1.82, 2.24) is 0 Å². The van der Waals surface area contributed by atoms with Gasteiger partial charge in [-0.1, -0.05) is 11.6 Å². The quantitative estimate of drug-likeness (QED) is 0.702. The van der Waals surface area contributed by atoms with Gasteiger partial charge in [0.1, 0.15) is 0 Å². The maximum atomic E-state index is 11.1. The summed E-state index contributed by atoms with van der Waals surface area (Å²) in [6, 6.07) is 0. The van der Waals surface area contributed by atoms with E-state index < -0.39 is 23.8 Å². The maximum Gasteiger partial charge on any atom is 0.307 e. The first-order valence-electron chi connectivity index (χ1n) is 5.74. The van der Waals surface area contributed by atoms with Crippen LogP contribution in [0, 0.1) is 17.8 Å². The molecular weight excluding hydrogens is 208 g/mol. The number of fused-ring (bicyclic) bond motifs is 1. The molecule has 1 saturated carbocycles. The fourth-order valence-electron chi connectivity index (χ4n) is 2.92. The second-order valence-electron chi connectivity index (χ2n) is 4.74. The molecule has 4 nitrogen and oxygen atoms in total. The highest BCUT2D eigenvalue weighted by Crippen LogP contribution is 2.42. The van der Waals surface area contributed by atoms with E-state index in [9.17, 15) is 9.59 Å². The van der Waals surface area contributed by atoms with Crippen LogP contribution in [-0.2, 0) is 9.59 Å². The van der Waals surface area contributed by atoms with Crippen LogP contribution >= 0.6 is 0 Å². The molecule has 16 heavy (non-hydrogen) atoms. The van der Waals surface area contributed by atoms with E-state index in [4.69, 9.17) is 10.2 Å². The highest BCUT2D eigenvalue weighted by atomic mass is 16.4. The summed E-state index contributed by atoms with van der Waals surface area (Å²) in [4.78, 5) is 22.1. The van der Waals surface area contributed by atoms with Crippen molar-refractivity contribution in [3.8, 4) is 0 Å². The number of hydrogen-bond donors (Lipinski definition) is 2. The lowest BCUT2D eigenvalue weighted by molar-refractivity contribution is -0.155. The van der Waals surface area contributed by atoms with E-state index in [0.717, 1.165) is 19.3 Å². The molecule has 0 radical (unpaired) electrons. The third-order valence-corrected chi connectivity index (χ3v) is 3.80. The lowest BCUT2D eigenvalue weighted by atomic mass is 9.68. The summed E-state index contributed by atoms with van der Waals surface area (Å²) in [5, 5.41) is 18.1. The van der Waals surface area contributed by atoms with E-state index in [1.807, 2.05) is 0 Å². The van der Waals surface area contributed by atoms with Gasteiger partial charge in [-0.15, -0.1) is 0 Å². The third kappa shape index (κ3) is 1.96. The van der Waals surface area contributed by atoms with Gasteiger partial charge in [0.15, 0.2) is 0 Å². The molecule has 2 N–H and O–H groups in total. The minimum absolute atomic E-state index is 0.311. The van der Waals surface area contributed by atoms with Crippen molar-refractivity contribution in [3.05, 3.63) is 11.6 Å². The standard InChI is InChI=1S/C12H16O4/c13-11(14)9-5-7-3-1-2-4-8(7)6-10(9)12(15)16/h3,8-10H,1-2,4-6H2,(H,13,14)(H,15,16). The first kappa shape index (κ1) is 11.2. The van der Waals surface area contributed by atoms with Crippen molar-refractivity contribution >= 4 is 11.9 Å². The Morgan fingerprint density at radius 1 is 1.19 bits per heavy atom. The van der Waals surface area contributed by atoms with Crippen LogP contribution in [0.1, 0.15) is 32.1 Å². The molecule has 4 heteroatoms. The third-order valence-electron chi connectivity index (χ3n) is 3.80. The maximum absolute atomic E-state index is 11.1. The number of rotatable bonds is 2. The molecule has 0 spiro atoms. The Morgan fingerprint density at radius 2 is 1.88 bits per heavy atom. The van der Waals surface area contributed by atoms with Crippen LogP contribution in [-0.4, -0.2) is 22.2 Å². The van der Waals surface area contributed by atoms with Gasteiger partial charge in [0.2, 0.25) is 0 Å². The zero-order valence-corrected chi connectivity index (χ0v) is 9.06. The van der Waals surface area contributed by atoms with Gasteiger partial charge in [-0.25, -0.2) is 0 Å². The normalized spacial score (nSPS) is 33.8. The molecule has 2 aliphatic rings. The van der Waals surface area contributed by atoms with Crippen LogP contribution in [0.3, 0.4) is 0 Å². The summed E-state index contributed by atoms with van der Waals surface area (Å²) < 4.78 is 0. The highest BCUT2D eigenvalue weighted by molar-refractivity contribution is 5.80. The Balaban J connectivity index is 2.21. The summed E-state index contributed by atoms with van der Waals surface area (Å²) in [6.07, 6.45) is 6.16. The predicted molar refractivity (Wildman–Crippen MR) is 56.9 cm³/mol. The van der Waals surface area contributed by atoms with Crippen LogP contribution in [0.5, 0.6) is 0 Å². The smallest absolute Gasteiger partial charge is 0.307 e. The summed E-state index contributed by atoms with van der Waals surface area (Å²) >= 11 is 0. The predicted octanol–water partition coefficient (Wildman–Crippen LogP) is 1.91. The Labute approximate surface area is 94.0 Å². The SMILES string of the molecule is O=C(O)C1CC2=CCCCC2CC1C(=O)O. The molecule has 1 fully saturated rings. The van der Waals surface area contributed by atoms with Gasteiger partial charge >= 0.3 is 11.9 Å². The summed E-state index contributed by atoms with van der Waals surface area (Å²) in [6.45, 7) is 0. The second-order valence-corrected chi connectivity index (χ2v) is 4.74. The van der Waals surface area contributed by atoms with Crippen molar-refractivity contribution in [1.29, 1.82) is 0 Å². The molecule has 0 heterocycles. The summed E-state index contributed by atoms with van der Waals surface area (Å²) in [5.41, 5.74) is 1.18.